The number of benzene rings is 1. The molecule has 1 aliphatic rings. The second kappa shape index (κ2) is 7.73. The summed E-state index contributed by atoms with van der Waals surface area (Å²) < 4.78 is 13.2. The molecule has 1 saturated carbocycles. The topological polar surface area (TPSA) is 36.3 Å². The maximum Gasteiger partial charge on any atom is 0.138 e. The molecule has 124 valence electrons. The van der Waals surface area contributed by atoms with E-state index in [1.165, 1.54) is 25.7 Å². The zero-order chi connectivity index (χ0) is 16.1. The van der Waals surface area contributed by atoms with Crippen LogP contribution in [0, 0.1) is 11.8 Å². The molecule has 23 heavy (non-hydrogen) atoms. The van der Waals surface area contributed by atoms with Gasteiger partial charge in [-0.25, -0.2) is 4.98 Å². The van der Waals surface area contributed by atoms with E-state index >= 15 is 0 Å². The van der Waals surface area contributed by atoms with Gasteiger partial charge in [-0.05, 0) is 49.7 Å². The van der Waals surface area contributed by atoms with Crippen LogP contribution in [0.1, 0.15) is 25.7 Å². The molecular weight excluding hydrogens is 312 g/mol. The Balaban J connectivity index is 1.44. The third kappa shape index (κ3) is 4.41. The van der Waals surface area contributed by atoms with Gasteiger partial charge in [0.15, 0.2) is 0 Å². The number of hydrogen-bond donors (Lipinski definition) is 0. The largest absolute Gasteiger partial charge is 0.497 e. The van der Waals surface area contributed by atoms with E-state index in [0.29, 0.717) is 10.9 Å². The Kier molecular flexibility index (Phi) is 5.44. The van der Waals surface area contributed by atoms with Crippen LogP contribution in [0.25, 0.3) is 0 Å². The van der Waals surface area contributed by atoms with E-state index in [1.807, 2.05) is 30.9 Å². The number of rotatable bonds is 6. The molecule has 0 bridgehead atoms. The number of methoxy groups -OCH3 is 1. The van der Waals surface area contributed by atoms with Gasteiger partial charge in [0.05, 0.1) is 25.1 Å². The molecule has 4 nitrogen and oxygen atoms in total. The van der Waals surface area contributed by atoms with Crippen LogP contribution in [0.2, 0.25) is 5.02 Å². The molecule has 0 unspecified atom stereocenters. The van der Waals surface area contributed by atoms with Gasteiger partial charge in [0.1, 0.15) is 11.5 Å². The number of imidazole rings is 1. The Morgan fingerprint density at radius 1 is 1.22 bits per heavy atom. The van der Waals surface area contributed by atoms with Crippen LogP contribution in [-0.2, 0) is 6.54 Å². The molecule has 2 aromatic rings. The lowest BCUT2D eigenvalue weighted by molar-refractivity contribution is 0.175. The first-order valence-corrected chi connectivity index (χ1v) is 8.54. The van der Waals surface area contributed by atoms with Crippen LogP contribution in [0.5, 0.6) is 11.5 Å². The highest BCUT2D eigenvalue weighted by molar-refractivity contribution is 6.32. The van der Waals surface area contributed by atoms with Crippen molar-refractivity contribution in [2.45, 2.75) is 32.2 Å². The molecule has 0 saturated heterocycles. The molecule has 0 atom stereocenters. The quantitative estimate of drug-likeness (QED) is 0.784. The SMILES string of the molecule is COc1ccc(OC[C@H]2CC[C@H](Cn3ccnc3)CC2)c(Cl)c1. The van der Waals surface area contributed by atoms with E-state index in [1.54, 1.807) is 13.2 Å². The highest BCUT2D eigenvalue weighted by atomic mass is 35.5. The summed E-state index contributed by atoms with van der Waals surface area (Å²) in [6.45, 7) is 1.82. The molecule has 1 aromatic carbocycles. The molecule has 0 amide bonds. The Morgan fingerprint density at radius 2 is 2.00 bits per heavy atom. The first-order valence-electron chi connectivity index (χ1n) is 8.16. The summed E-state index contributed by atoms with van der Waals surface area (Å²) in [5, 5.41) is 0.609. The summed E-state index contributed by atoms with van der Waals surface area (Å²) >= 11 is 6.21. The van der Waals surface area contributed by atoms with Crippen LogP contribution in [0.15, 0.2) is 36.9 Å². The average molecular weight is 335 g/mol. The molecule has 0 aliphatic heterocycles. The van der Waals surface area contributed by atoms with Crippen molar-refractivity contribution in [3.8, 4) is 11.5 Å². The average Bonchev–Trinajstić information content (AvgIpc) is 3.08. The molecule has 0 radical (unpaired) electrons. The monoisotopic (exact) mass is 334 g/mol. The maximum atomic E-state index is 6.21. The van der Waals surface area contributed by atoms with Crippen molar-refractivity contribution < 1.29 is 9.47 Å². The van der Waals surface area contributed by atoms with Gasteiger partial charge in [-0.15, -0.1) is 0 Å². The van der Waals surface area contributed by atoms with Gasteiger partial charge in [0, 0.05) is 25.0 Å². The maximum absolute atomic E-state index is 6.21. The van der Waals surface area contributed by atoms with Crippen LogP contribution in [0.3, 0.4) is 0 Å². The molecule has 1 fully saturated rings. The van der Waals surface area contributed by atoms with E-state index in [9.17, 15) is 0 Å². The predicted molar refractivity (Wildman–Crippen MR) is 91.2 cm³/mol. The summed E-state index contributed by atoms with van der Waals surface area (Å²) in [6, 6.07) is 5.55. The van der Waals surface area contributed by atoms with Crippen molar-refractivity contribution in [2.75, 3.05) is 13.7 Å². The fourth-order valence-electron chi connectivity index (χ4n) is 3.21. The Bertz CT molecular complexity index is 607. The molecule has 0 N–H and O–H groups in total. The van der Waals surface area contributed by atoms with Crippen LogP contribution in [0.4, 0.5) is 0 Å². The third-order valence-corrected chi connectivity index (χ3v) is 4.90. The van der Waals surface area contributed by atoms with Crippen molar-refractivity contribution >= 4 is 11.6 Å². The Labute approximate surface area is 142 Å². The van der Waals surface area contributed by atoms with Gasteiger partial charge in [0.25, 0.3) is 0 Å². The molecule has 1 heterocycles. The zero-order valence-corrected chi connectivity index (χ0v) is 14.2. The molecule has 1 aliphatic carbocycles. The second-order valence-corrected chi connectivity index (χ2v) is 6.66. The third-order valence-electron chi connectivity index (χ3n) is 4.61. The minimum atomic E-state index is 0.609. The highest BCUT2D eigenvalue weighted by Crippen LogP contribution is 2.32. The van der Waals surface area contributed by atoms with Crippen molar-refractivity contribution in [3.05, 3.63) is 41.9 Å². The van der Waals surface area contributed by atoms with Crippen molar-refractivity contribution in [1.29, 1.82) is 0 Å². The lowest BCUT2D eigenvalue weighted by Gasteiger charge is -2.28. The summed E-state index contributed by atoms with van der Waals surface area (Å²) in [4.78, 5) is 4.11. The van der Waals surface area contributed by atoms with E-state index in [-0.39, 0.29) is 0 Å². The lowest BCUT2D eigenvalue weighted by atomic mass is 9.82. The van der Waals surface area contributed by atoms with Crippen LogP contribution < -0.4 is 9.47 Å². The predicted octanol–water partition coefficient (Wildman–Crippen LogP) is 4.43. The first kappa shape index (κ1) is 16.2. The normalized spacial score (nSPS) is 21.1. The number of nitrogens with zero attached hydrogens (tertiary/aromatic N) is 2. The van der Waals surface area contributed by atoms with Crippen molar-refractivity contribution in [3.63, 3.8) is 0 Å². The minimum Gasteiger partial charge on any atom is -0.497 e. The zero-order valence-electron chi connectivity index (χ0n) is 13.5. The Morgan fingerprint density at radius 3 is 2.65 bits per heavy atom. The molecule has 0 spiro atoms. The van der Waals surface area contributed by atoms with E-state index < -0.39 is 0 Å². The van der Waals surface area contributed by atoms with Crippen molar-refractivity contribution in [2.24, 2.45) is 11.8 Å². The molecular formula is C18H23ClN2O2. The van der Waals surface area contributed by atoms with Crippen LogP contribution in [-0.4, -0.2) is 23.3 Å². The summed E-state index contributed by atoms with van der Waals surface area (Å²) in [5.74, 6) is 2.87. The number of halogens is 1. The van der Waals surface area contributed by atoms with Crippen LogP contribution >= 0.6 is 11.6 Å². The number of ether oxygens (including phenoxy) is 2. The fourth-order valence-corrected chi connectivity index (χ4v) is 3.43. The molecule has 5 heteroatoms. The van der Waals surface area contributed by atoms with Gasteiger partial charge >= 0.3 is 0 Å². The highest BCUT2D eigenvalue weighted by Gasteiger charge is 2.22. The summed E-state index contributed by atoms with van der Waals surface area (Å²) in [5.41, 5.74) is 0. The van der Waals surface area contributed by atoms with Gasteiger partial charge in [-0.2, -0.15) is 0 Å². The van der Waals surface area contributed by atoms with Gasteiger partial charge in [-0.3, -0.25) is 0 Å². The number of aromatic nitrogens is 2. The molecule has 1 aromatic heterocycles. The minimum absolute atomic E-state index is 0.609. The van der Waals surface area contributed by atoms with Crippen molar-refractivity contribution in [1.82, 2.24) is 9.55 Å². The lowest BCUT2D eigenvalue weighted by Crippen LogP contribution is -2.22. The smallest absolute Gasteiger partial charge is 0.138 e. The van der Waals surface area contributed by atoms with Gasteiger partial charge < -0.3 is 14.0 Å². The van der Waals surface area contributed by atoms with E-state index in [0.717, 1.165) is 30.6 Å². The Hall–Kier alpha value is -1.68. The first-order chi connectivity index (χ1) is 11.2. The standard InChI is InChI=1S/C18H23ClN2O2/c1-22-16-6-7-18(17(19)10-16)23-12-15-4-2-14(3-5-15)11-21-9-8-20-13-21/h6-10,13-15H,2-5,11-12H2,1H3/t14-,15-. The summed E-state index contributed by atoms with van der Waals surface area (Å²) in [6.07, 6.45) is 10.7. The molecule has 3 rings (SSSR count). The van der Waals surface area contributed by atoms with Gasteiger partial charge in [0.2, 0.25) is 0 Å². The fraction of sp³-hybridized carbons (Fsp3) is 0.500. The summed E-state index contributed by atoms with van der Waals surface area (Å²) in [7, 11) is 1.63. The van der Waals surface area contributed by atoms with E-state index in [2.05, 4.69) is 9.55 Å². The van der Waals surface area contributed by atoms with E-state index in [4.69, 9.17) is 21.1 Å². The second-order valence-electron chi connectivity index (χ2n) is 6.25. The van der Waals surface area contributed by atoms with Gasteiger partial charge in [-0.1, -0.05) is 11.6 Å². The number of hydrogen-bond acceptors (Lipinski definition) is 3.